The number of hydrogen-bond donors (Lipinski definition) is 1. The van der Waals surface area contributed by atoms with Gasteiger partial charge in [-0.2, -0.15) is 0 Å². The summed E-state index contributed by atoms with van der Waals surface area (Å²) in [5.74, 6) is 1.10. The first-order valence-corrected chi connectivity index (χ1v) is 8.39. The third kappa shape index (κ3) is 3.82. The third-order valence-electron chi connectivity index (χ3n) is 4.17. The number of aryl methyl sites for hydroxylation is 1. The number of para-hydroxylation sites is 1. The van der Waals surface area contributed by atoms with Gasteiger partial charge in [0.2, 0.25) is 0 Å². The fraction of sp³-hybridized carbons (Fsp3) is 0.300. The Balaban J connectivity index is 1.78. The number of alkyl carbamates (subject to hydrolysis) is 1. The molecule has 5 heteroatoms. The minimum Gasteiger partial charge on any atom is -0.457 e. The van der Waals surface area contributed by atoms with Gasteiger partial charge in [-0.1, -0.05) is 43.7 Å². The zero-order valence-electron chi connectivity index (χ0n) is 14.4. The lowest BCUT2D eigenvalue weighted by atomic mass is 9.96. The Labute approximate surface area is 147 Å². The number of hydrogen-bond acceptors (Lipinski definition) is 4. The van der Waals surface area contributed by atoms with Crippen LogP contribution in [0.15, 0.2) is 48.5 Å². The number of carbonyl (C=O) groups excluding carboxylic acids is 2. The van der Waals surface area contributed by atoms with Crippen molar-refractivity contribution in [1.82, 2.24) is 5.32 Å². The van der Waals surface area contributed by atoms with Crippen molar-refractivity contribution in [2.45, 2.75) is 38.7 Å². The van der Waals surface area contributed by atoms with E-state index < -0.39 is 17.6 Å². The van der Waals surface area contributed by atoms with Gasteiger partial charge in [0.1, 0.15) is 11.5 Å². The van der Waals surface area contributed by atoms with Gasteiger partial charge in [-0.15, -0.1) is 0 Å². The maximum Gasteiger partial charge on any atom is 0.415 e. The Morgan fingerprint density at radius 3 is 2.64 bits per heavy atom. The first-order chi connectivity index (χ1) is 12.0. The van der Waals surface area contributed by atoms with Crippen molar-refractivity contribution >= 4 is 12.0 Å². The molecule has 2 amide bonds. The predicted molar refractivity (Wildman–Crippen MR) is 93.7 cm³/mol. The van der Waals surface area contributed by atoms with Gasteiger partial charge in [-0.3, -0.25) is 10.1 Å². The molecule has 1 heterocycles. The van der Waals surface area contributed by atoms with E-state index in [1.807, 2.05) is 42.5 Å². The molecule has 3 rings (SSSR count). The molecule has 5 nitrogen and oxygen atoms in total. The van der Waals surface area contributed by atoms with Gasteiger partial charge in [-0.05, 0) is 42.7 Å². The molecule has 130 valence electrons. The van der Waals surface area contributed by atoms with Crippen LogP contribution in [0.25, 0.3) is 0 Å². The van der Waals surface area contributed by atoms with Crippen LogP contribution in [0.1, 0.15) is 31.4 Å². The molecule has 0 spiro atoms. The lowest BCUT2D eigenvalue weighted by Crippen LogP contribution is -2.38. The van der Waals surface area contributed by atoms with Crippen molar-refractivity contribution in [3.63, 3.8) is 0 Å². The summed E-state index contributed by atoms with van der Waals surface area (Å²) in [5, 5.41) is 2.17. The molecular weight excluding hydrogens is 318 g/mol. The van der Waals surface area contributed by atoms with Crippen molar-refractivity contribution in [3.05, 3.63) is 59.7 Å². The highest BCUT2D eigenvalue weighted by Gasteiger charge is 2.44. The smallest absolute Gasteiger partial charge is 0.415 e. The summed E-state index contributed by atoms with van der Waals surface area (Å²) in [7, 11) is 0. The monoisotopic (exact) mass is 339 g/mol. The molecule has 0 bridgehead atoms. The molecule has 0 unspecified atom stereocenters. The highest BCUT2D eigenvalue weighted by Crippen LogP contribution is 2.29. The van der Waals surface area contributed by atoms with Crippen LogP contribution < -0.4 is 10.1 Å². The molecular formula is C20H21NO4. The van der Waals surface area contributed by atoms with Crippen LogP contribution in [-0.2, 0) is 22.4 Å². The average molecular weight is 339 g/mol. The van der Waals surface area contributed by atoms with E-state index in [2.05, 4.69) is 18.3 Å². The van der Waals surface area contributed by atoms with E-state index in [0.29, 0.717) is 12.2 Å². The van der Waals surface area contributed by atoms with E-state index in [4.69, 9.17) is 9.47 Å². The molecule has 0 radical (unpaired) electrons. The molecule has 25 heavy (non-hydrogen) atoms. The van der Waals surface area contributed by atoms with Gasteiger partial charge in [0, 0.05) is 6.42 Å². The number of cyclic esters (lactones) is 1. The maximum absolute atomic E-state index is 11.9. The molecule has 1 aliphatic rings. The molecule has 1 fully saturated rings. The van der Waals surface area contributed by atoms with Crippen LogP contribution in [0, 0.1) is 0 Å². The van der Waals surface area contributed by atoms with Crippen LogP contribution in [0.2, 0.25) is 0 Å². The number of rotatable bonds is 6. The van der Waals surface area contributed by atoms with Gasteiger partial charge >= 0.3 is 6.09 Å². The second-order valence-corrected chi connectivity index (χ2v) is 6.36. The zero-order chi connectivity index (χ0) is 17.9. The number of carbonyl (C=O) groups is 2. The van der Waals surface area contributed by atoms with E-state index in [0.717, 1.165) is 29.7 Å². The van der Waals surface area contributed by atoms with Crippen LogP contribution in [0.4, 0.5) is 4.79 Å². The van der Waals surface area contributed by atoms with Crippen molar-refractivity contribution in [1.29, 1.82) is 0 Å². The molecule has 0 aliphatic carbocycles. The fourth-order valence-corrected chi connectivity index (χ4v) is 2.93. The van der Waals surface area contributed by atoms with Gasteiger partial charge in [0.25, 0.3) is 5.91 Å². The molecule has 0 aromatic heterocycles. The number of benzene rings is 2. The normalized spacial score (nSPS) is 19.4. The predicted octanol–water partition coefficient (Wildman–Crippen LogP) is 4.00. The lowest BCUT2D eigenvalue weighted by molar-refractivity contribution is -0.129. The quantitative estimate of drug-likeness (QED) is 0.864. The minimum atomic E-state index is -1.18. The summed E-state index contributed by atoms with van der Waals surface area (Å²) in [6.07, 6.45) is 1.58. The average Bonchev–Trinajstić information content (AvgIpc) is 2.82. The van der Waals surface area contributed by atoms with Crippen molar-refractivity contribution in [3.8, 4) is 11.5 Å². The van der Waals surface area contributed by atoms with E-state index in [9.17, 15) is 9.59 Å². The first kappa shape index (κ1) is 17.0. The molecule has 0 saturated carbocycles. The van der Waals surface area contributed by atoms with Crippen molar-refractivity contribution in [2.24, 2.45) is 0 Å². The van der Waals surface area contributed by atoms with Crippen LogP contribution in [0.5, 0.6) is 11.5 Å². The van der Waals surface area contributed by atoms with E-state index in [-0.39, 0.29) is 0 Å². The molecule has 1 N–H and O–H groups in total. The van der Waals surface area contributed by atoms with E-state index >= 15 is 0 Å². The molecule has 1 saturated heterocycles. The molecule has 1 atom stereocenters. The Morgan fingerprint density at radius 2 is 1.92 bits per heavy atom. The first-order valence-electron chi connectivity index (χ1n) is 8.39. The lowest BCUT2D eigenvalue weighted by Gasteiger charge is -2.19. The van der Waals surface area contributed by atoms with Gasteiger partial charge in [-0.25, -0.2) is 4.79 Å². The number of imide groups is 1. The zero-order valence-corrected chi connectivity index (χ0v) is 14.4. The molecule has 2 aromatic carbocycles. The Bertz CT molecular complexity index is 802. The minimum absolute atomic E-state index is 0.290. The highest BCUT2D eigenvalue weighted by molar-refractivity contribution is 6.02. The largest absolute Gasteiger partial charge is 0.457 e. The Hall–Kier alpha value is -2.82. The SMILES string of the molecule is CCCc1ccccc1Oc1cccc(C[C@@]2(C)OC(=O)NC2=O)c1. The summed E-state index contributed by atoms with van der Waals surface area (Å²) in [5.41, 5.74) is 0.833. The van der Waals surface area contributed by atoms with Gasteiger partial charge in [0.05, 0.1) is 0 Å². The second-order valence-electron chi connectivity index (χ2n) is 6.36. The van der Waals surface area contributed by atoms with Crippen molar-refractivity contribution < 1.29 is 19.1 Å². The van der Waals surface area contributed by atoms with Crippen LogP contribution >= 0.6 is 0 Å². The number of ether oxygens (including phenoxy) is 2. The molecule has 1 aliphatic heterocycles. The summed E-state index contributed by atoms with van der Waals surface area (Å²) in [6, 6.07) is 15.4. The Morgan fingerprint density at radius 1 is 1.12 bits per heavy atom. The van der Waals surface area contributed by atoms with Gasteiger partial charge < -0.3 is 9.47 Å². The second kappa shape index (κ2) is 6.97. The highest BCUT2D eigenvalue weighted by atomic mass is 16.6. The van der Waals surface area contributed by atoms with Crippen LogP contribution in [-0.4, -0.2) is 17.6 Å². The summed E-state index contributed by atoms with van der Waals surface area (Å²) < 4.78 is 11.2. The standard InChI is InChI=1S/C20H21NO4/c1-3-7-15-9-4-5-11-17(15)24-16-10-6-8-14(12-16)13-20(2)18(22)21-19(23)25-20/h4-6,8-12H,3,7,13H2,1-2H3,(H,21,22,23)/t20-/m1/s1. The summed E-state index contributed by atoms with van der Waals surface area (Å²) in [4.78, 5) is 23.2. The summed E-state index contributed by atoms with van der Waals surface area (Å²) >= 11 is 0. The fourth-order valence-electron chi connectivity index (χ4n) is 2.93. The number of nitrogens with one attached hydrogen (secondary N) is 1. The maximum atomic E-state index is 11.9. The number of amides is 2. The topological polar surface area (TPSA) is 64.6 Å². The van der Waals surface area contributed by atoms with Crippen molar-refractivity contribution in [2.75, 3.05) is 0 Å². The summed E-state index contributed by atoms with van der Waals surface area (Å²) in [6.45, 7) is 3.74. The Kier molecular flexibility index (Phi) is 4.74. The van der Waals surface area contributed by atoms with Gasteiger partial charge in [0.15, 0.2) is 5.60 Å². The molecule has 2 aromatic rings. The third-order valence-corrected chi connectivity index (χ3v) is 4.17. The van der Waals surface area contributed by atoms with E-state index in [1.165, 1.54) is 0 Å². The van der Waals surface area contributed by atoms with E-state index in [1.54, 1.807) is 6.92 Å². The van der Waals surface area contributed by atoms with Crippen LogP contribution in [0.3, 0.4) is 0 Å².